The van der Waals surface area contributed by atoms with Crippen LogP contribution in [0.1, 0.15) is 53.4 Å². The summed E-state index contributed by atoms with van der Waals surface area (Å²) >= 11 is 0. The largest absolute Gasteiger partial charge is 0.471 e. The minimum Gasteiger partial charge on any atom is -0.351 e. The van der Waals surface area contributed by atoms with E-state index < -0.39 is 89.2 Å². The maximum absolute atomic E-state index is 14.0. The first-order chi connectivity index (χ1) is 18.2. The van der Waals surface area contributed by atoms with Crippen LogP contribution in [0.3, 0.4) is 0 Å². The van der Waals surface area contributed by atoms with Crippen molar-refractivity contribution in [3.63, 3.8) is 0 Å². The van der Waals surface area contributed by atoms with E-state index >= 15 is 0 Å². The summed E-state index contributed by atoms with van der Waals surface area (Å²) in [6.45, 7) is 6.97. The Morgan fingerprint density at radius 2 is 1.70 bits per heavy atom. The first kappa shape index (κ1) is 29.9. The third-order valence-electron chi connectivity index (χ3n) is 9.03. The van der Waals surface area contributed by atoms with Gasteiger partial charge in [0.2, 0.25) is 17.7 Å². The third-order valence-corrected chi connectivity index (χ3v) is 9.03. The van der Waals surface area contributed by atoms with Crippen molar-refractivity contribution in [3.05, 3.63) is 0 Å². The monoisotopic (exact) mass is 579 g/mol. The number of amides is 4. The number of nitrogens with zero attached hydrogens (tertiary/aromatic N) is 2. The topological polar surface area (TPSA) is 131 Å². The molecule has 4 fully saturated rings. The predicted molar refractivity (Wildman–Crippen MR) is 124 cm³/mol. The summed E-state index contributed by atoms with van der Waals surface area (Å²) in [7, 11) is 0. The number of piperidine rings is 1. The van der Waals surface area contributed by atoms with Crippen LogP contribution in [-0.4, -0.2) is 71.1 Å². The van der Waals surface area contributed by atoms with Gasteiger partial charge in [-0.1, -0.05) is 13.8 Å². The molecule has 222 valence electrons. The van der Waals surface area contributed by atoms with E-state index in [2.05, 4.69) is 10.6 Å². The van der Waals surface area contributed by atoms with E-state index in [1.54, 1.807) is 27.7 Å². The number of carbonyl (C=O) groups excluding carboxylic acids is 4. The number of rotatable bonds is 7. The number of nitrogens with one attached hydrogen (secondary N) is 3. The second-order valence-corrected chi connectivity index (χ2v) is 12.6. The lowest BCUT2D eigenvalue weighted by Gasteiger charge is -2.36. The van der Waals surface area contributed by atoms with Gasteiger partial charge in [0.25, 0.3) is 0 Å². The second kappa shape index (κ2) is 9.24. The molecule has 0 aromatic rings. The zero-order valence-corrected chi connectivity index (χ0v) is 22.3. The van der Waals surface area contributed by atoms with Crippen LogP contribution >= 0.6 is 0 Å². The van der Waals surface area contributed by atoms with E-state index in [4.69, 9.17) is 0 Å². The second-order valence-electron chi connectivity index (χ2n) is 12.6. The molecule has 0 bridgehead atoms. The van der Waals surface area contributed by atoms with Crippen molar-refractivity contribution in [1.29, 1.82) is 5.26 Å². The first-order valence-corrected chi connectivity index (χ1v) is 12.9. The molecular formula is C25H31F6N5O4. The molecule has 0 spiro atoms. The Labute approximate surface area is 226 Å². The fourth-order valence-corrected chi connectivity index (χ4v) is 6.57. The van der Waals surface area contributed by atoms with E-state index in [-0.39, 0.29) is 24.8 Å². The van der Waals surface area contributed by atoms with Gasteiger partial charge in [-0.05, 0) is 56.8 Å². The number of fused-ring (bicyclic) bond motifs is 1. The van der Waals surface area contributed by atoms with Crippen LogP contribution in [0.15, 0.2) is 0 Å². The Kier molecular flexibility index (Phi) is 6.91. The molecule has 4 rings (SSSR count). The fraction of sp³-hybridized carbons (Fsp3) is 0.800. The minimum atomic E-state index is -5.53. The lowest BCUT2D eigenvalue weighted by atomic mass is 9.91. The van der Waals surface area contributed by atoms with Crippen LogP contribution in [0.5, 0.6) is 0 Å². The van der Waals surface area contributed by atoms with Crippen molar-refractivity contribution in [2.75, 3.05) is 6.54 Å². The van der Waals surface area contributed by atoms with Crippen LogP contribution in [0.25, 0.3) is 0 Å². The van der Waals surface area contributed by atoms with Gasteiger partial charge >= 0.3 is 18.3 Å². The molecular weight excluding hydrogens is 548 g/mol. The number of likely N-dealkylation sites (tertiary alicyclic amines) is 1. The van der Waals surface area contributed by atoms with Gasteiger partial charge in [-0.3, -0.25) is 19.2 Å². The highest BCUT2D eigenvalue weighted by Crippen LogP contribution is 2.66. The lowest BCUT2D eigenvalue weighted by molar-refractivity contribution is -0.204. The van der Waals surface area contributed by atoms with Crippen LogP contribution < -0.4 is 16.0 Å². The summed E-state index contributed by atoms with van der Waals surface area (Å²) in [4.78, 5) is 51.8. The highest BCUT2D eigenvalue weighted by atomic mass is 19.4. The van der Waals surface area contributed by atoms with E-state index in [1.165, 1.54) is 5.32 Å². The molecule has 0 unspecified atom stereocenters. The van der Waals surface area contributed by atoms with Crippen molar-refractivity contribution in [1.82, 2.24) is 20.9 Å². The molecule has 4 aliphatic rings. The molecule has 6 atom stereocenters. The normalized spacial score (nSPS) is 30.8. The summed E-state index contributed by atoms with van der Waals surface area (Å²) in [5.41, 5.74) is -3.90. The molecule has 40 heavy (non-hydrogen) atoms. The zero-order valence-electron chi connectivity index (χ0n) is 22.3. The van der Waals surface area contributed by atoms with Gasteiger partial charge in [0.05, 0.1) is 11.5 Å². The van der Waals surface area contributed by atoms with Crippen molar-refractivity contribution >= 4 is 23.6 Å². The van der Waals surface area contributed by atoms with Crippen molar-refractivity contribution in [3.8, 4) is 6.07 Å². The molecule has 2 heterocycles. The van der Waals surface area contributed by atoms with Crippen molar-refractivity contribution in [2.24, 2.45) is 28.6 Å². The summed E-state index contributed by atoms with van der Waals surface area (Å²) in [5, 5.41) is 16.2. The maximum Gasteiger partial charge on any atom is 0.471 e. The van der Waals surface area contributed by atoms with E-state index in [9.17, 15) is 50.8 Å². The van der Waals surface area contributed by atoms with E-state index in [0.29, 0.717) is 6.42 Å². The summed E-state index contributed by atoms with van der Waals surface area (Å²) in [5.74, 6) is -6.71. The molecule has 0 aromatic carbocycles. The predicted octanol–water partition coefficient (Wildman–Crippen LogP) is 2.17. The molecule has 2 aliphatic heterocycles. The SMILES string of the molecule is CC1(C)C[C@@H](C[C@@H](C#N)NC(=O)[C@@H]2[C@@H]3[C@H](CN2C(=O)[C@@H](NC(=O)C(F)(F)F)C2(C(F)(F)F)CC2)C3(C)C)C(=O)N1. The highest BCUT2D eigenvalue weighted by molar-refractivity contribution is 5.95. The Balaban J connectivity index is 1.58. The molecule has 2 saturated heterocycles. The standard InChI is InChI=1S/C25H31F6N5O4/c1-21(2)8-11(17(37)35-21)7-12(9-32)33-18(38)15-14-13(22(14,3)4)10-36(15)19(39)16(34-20(40)24(26,27)28)23(5-6-23)25(29,30)31/h11-16H,5-8,10H2,1-4H3,(H,33,38)(H,34,40)(H,35,37)/t11-,12+,13+,14+,15+,16-/m1/s1. The summed E-state index contributed by atoms with van der Waals surface area (Å²) in [6.07, 6.45) is -11.6. The Morgan fingerprint density at radius 3 is 2.15 bits per heavy atom. The van der Waals surface area contributed by atoms with Crippen molar-refractivity contribution < 1.29 is 45.5 Å². The van der Waals surface area contributed by atoms with Gasteiger partial charge in [0, 0.05) is 18.0 Å². The van der Waals surface area contributed by atoms with Crippen LogP contribution in [0.2, 0.25) is 0 Å². The average Bonchev–Trinajstić information content (AvgIpc) is 3.61. The van der Waals surface area contributed by atoms with Crippen molar-refractivity contribution in [2.45, 2.75) is 89.4 Å². The summed E-state index contributed by atoms with van der Waals surface area (Å²) in [6, 6.07) is -3.21. The molecule has 9 nitrogen and oxygen atoms in total. The number of halogens is 6. The maximum atomic E-state index is 14.0. The highest BCUT2D eigenvalue weighted by Gasteiger charge is 2.74. The Hall–Kier alpha value is -3.05. The Morgan fingerprint density at radius 1 is 1.10 bits per heavy atom. The first-order valence-electron chi connectivity index (χ1n) is 12.9. The molecule has 0 aromatic heterocycles. The zero-order chi connectivity index (χ0) is 30.2. The molecule has 0 radical (unpaired) electrons. The van der Waals surface area contributed by atoms with E-state index in [1.807, 2.05) is 6.07 Å². The van der Waals surface area contributed by atoms with Crippen LogP contribution in [0, 0.1) is 39.9 Å². The smallest absolute Gasteiger partial charge is 0.351 e. The molecule has 2 saturated carbocycles. The number of hydrogen-bond acceptors (Lipinski definition) is 5. The number of hydrogen-bond donors (Lipinski definition) is 3. The molecule has 3 N–H and O–H groups in total. The van der Waals surface area contributed by atoms with Gasteiger partial charge < -0.3 is 20.9 Å². The van der Waals surface area contributed by atoms with Gasteiger partial charge in [-0.25, -0.2) is 0 Å². The van der Waals surface area contributed by atoms with Gasteiger partial charge in [-0.15, -0.1) is 0 Å². The number of nitriles is 1. The van der Waals surface area contributed by atoms with Crippen LogP contribution in [-0.2, 0) is 19.2 Å². The lowest BCUT2D eigenvalue weighted by Crippen LogP contribution is -2.62. The van der Waals surface area contributed by atoms with Crippen LogP contribution in [0.4, 0.5) is 26.3 Å². The molecule has 15 heteroatoms. The average molecular weight is 580 g/mol. The van der Waals surface area contributed by atoms with E-state index in [0.717, 1.165) is 4.90 Å². The van der Waals surface area contributed by atoms with Gasteiger partial charge in [0.15, 0.2) is 0 Å². The number of carbonyl (C=O) groups is 4. The van der Waals surface area contributed by atoms with Gasteiger partial charge in [-0.2, -0.15) is 31.6 Å². The molecule has 2 aliphatic carbocycles. The quantitative estimate of drug-likeness (QED) is 0.398. The summed E-state index contributed by atoms with van der Waals surface area (Å²) < 4.78 is 80.9. The Bertz CT molecular complexity index is 1160. The third kappa shape index (κ3) is 5.09. The molecule has 4 amide bonds. The van der Waals surface area contributed by atoms with Gasteiger partial charge in [0.1, 0.15) is 18.1 Å². The fourth-order valence-electron chi connectivity index (χ4n) is 6.57. The number of alkyl halides is 6. The minimum absolute atomic E-state index is 0.0445.